The van der Waals surface area contributed by atoms with Crippen LogP contribution in [0.2, 0.25) is 5.02 Å². The van der Waals surface area contributed by atoms with Gasteiger partial charge in [-0.05, 0) is 25.5 Å². The maximum Gasteiger partial charge on any atom is 0.305 e. The minimum atomic E-state index is -0.927. The van der Waals surface area contributed by atoms with Gasteiger partial charge >= 0.3 is 5.97 Å². The van der Waals surface area contributed by atoms with Gasteiger partial charge in [-0.2, -0.15) is 0 Å². The minimum absolute atomic E-state index is 0.0858. The van der Waals surface area contributed by atoms with E-state index in [4.69, 9.17) is 16.7 Å². The quantitative estimate of drug-likeness (QED) is 0.637. The second kappa shape index (κ2) is 5.97. The maximum absolute atomic E-state index is 12.2. The Hall–Kier alpha value is -1.34. The van der Waals surface area contributed by atoms with Crippen LogP contribution in [0.3, 0.4) is 0 Å². The van der Waals surface area contributed by atoms with Gasteiger partial charge in [0.2, 0.25) is 0 Å². The SMILES string of the molecule is CSc1ncc(Cl)c(C(=O)NC2(CC(=O)O)CCC2)n1. The van der Waals surface area contributed by atoms with Crippen LogP contribution in [-0.2, 0) is 4.79 Å². The van der Waals surface area contributed by atoms with Crippen molar-refractivity contribution in [3.8, 4) is 0 Å². The Labute approximate surface area is 125 Å². The third-order valence-electron chi connectivity index (χ3n) is 3.30. The Bertz CT molecular complexity index is 549. The van der Waals surface area contributed by atoms with Crippen LogP contribution in [0, 0.1) is 0 Å². The average Bonchev–Trinajstić information content (AvgIpc) is 2.36. The summed E-state index contributed by atoms with van der Waals surface area (Å²) >= 11 is 7.23. The molecule has 0 saturated heterocycles. The Morgan fingerprint density at radius 1 is 1.55 bits per heavy atom. The van der Waals surface area contributed by atoms with Gasteiger partial charge in [0, 0.05) is 0 Å². The summed E-state index contributed by atoms with van der Waals surface area (Å²) in [5.74, 6) is -1.38. The third kappa shape index (κ3) is 3.21. The molecule has 0 aromatic carbocycles. The van der Waals surface area contributed by atoms with Crippen LogP contribution in [0.25, 0.3) is 0 Å². The Kier molecular flexibility index (Phi) is 4.49. The molecule has 1 heterocycles. The van der Waals surface area contributed by atoms with E-state index in [2.05, 4.69) is 15.3 Å². The molecule has 0 unspecified atom stereocenters. The van der Waals surface area contributed by atoms with Gasteiger partial charge in [0.15, 0.2) is 10.9 Å². The lowest BCUT2D eigenvalue weighted by Gasteiger charge is -2.41. The van der Waals surface area contributed by atoms with Gasteiger partial charge in [0.05, 0.1) is 23.2 Å². The molecule has 108 valence electrons. The van der Waals surface area contributed by atoms with Crippen molar-refractivity contribution in [1.82, 2.24) is 15.3 Å². The minimum Gasteiger partial charge on any atom is -0.481 e. The number of amides is 1. The van der Waals surface area contributed by atoms with Crippen LogP contribution in [0.5, 0.6) is 0 Å². The molecule has 1 aromatic heterocycles. The fraction of sp³-hybridized carbons (Fsp3) is 0.500. The highest BCUT2D eigenvalue weighted by atomic mass is 35.5. The van der Waals surface area contributed by atoms with E-state index in [1.807, 2.05) is 0 Å². The van der Waals surface area contributed by atoms with Crippen molar-refractivity contribution in [2.75, 3.05) is 6.26 Å². The van der Waals surface area contributed by atoms with E-state index in [1.165, 1.54) is 18.0 Å². The second-order valence-electron chi connectivity index (χ2n) is 4.71. The molecule has 2 rings (SSSR count). The van der Waals surface area contributed by atoms with Gasteiger partial charge in [-0.1, -0.05) is 23.4 Å². The molecule has 0 aliphatic heterocycles. The van der Waals surface area contributed by atoms with Crippen molar-refractivity contribution in [2.45, 2.75) is 36.4 Å². The molecule has 1 aliphatic rings. The molecule has 8 heteroatoms. The second-order valence-corrected chi connectivity index (χ2v) is 5.89. The van der Waals surface area contributed by atoms with E-state index in [1.54, 1.807) is 6.26 Å². The molecule has 2 N–H and O–H groups in total. The number of carboxylic acid groups (broad SMARTS) is 1. The number of aromatic nitrogens is 2. The van der Waals surface area contributed by atoms with Crippen LogP contribution in [-0.4, -0.2) is 38.7 Å². The molecule has 1 amide bonds. The molecule has 1 aliphatic carbocycles. The predicted molar refractivity (Wildman–Crippen MR) is 75.1 cm³/mol. The summed E-state index contributed by atoms with van der Waals surface area (Å²) in [5, 5.41) is 12.3. The molecule has 1 saturated carbocycles. The largest absolute Gasteiger partial charge is 0.481 e. The average molecular weight is 316 g/mol. The predicted octanol–water partition coefficient (Wildman–Crippen LogP) is 1.98. The lowest BCUT2D eigenvalue weighted by molar-refractivity contribution is -0.139. The van der Waals surface area contributed by atoms with Crippen molar-refractivity contribution >= 4 is 35.2 Å². The maximum atomic E-state index is 12.2. The number of nitrogens with one attached hydrogen (secondary N) is 1. The summed E-state index contributed by atoms with van der Waals surface area (Å²) in [4.78, 5) is 31.2. The molecule has 1 aromatic rings. The summed E-state index contributed by atoms with van der Waals surface area (Å²) in [6.45, 7) is 0. The van der Waals surface area contributed by atoms with E-state index in [9.17, 15) is 9.59 Å². The summed E-state index contributed by atoms with van der Waals surface area (Å²) < 4.78 is 0. The number of hydrogen-bond donors (Lipinski definition) is 2. The van der Waals surface area contributed by atoms with Gasteiger partial charge in [-0.15, -0.1) is 0 Å². The number of nitrogens with zero attached hydrogens (tertiary/aromatic N) is 2. The standard InChI is InChI=1S/C12H14ClN3O3S/c1-20-11-14-6-7(13)9(15-11)10(19)16-12(3-2-4-12)5-8(17)18/h6H,2-5H2,1H3,(H,16,19)(H,17,18). The molecular formula is C12H14ClN3O3S. The first-order chi connectivity index (χ1) is 9.46. The third-order valence-corrected chi connectivity index (χ3v) is 4.14. The molecule has 0 spiro atoms. The first-order valence-corrected chi connectivity index (χ1v) is 7.67. The van der Waals surface area contributed by atoms with E-state index < -0.39 is 17.4 Å². The molecular weight excluding hydrogens is 302 g/mol. The molecule has 0 bridgehead atoms. The number of carboxylic acids is 1. The monoisotopic (exact) mass is 315 g/mol. The first kappa shape index (κ1) is 15.1. The number of aliphatic carboxylic acids is 1. The van der Waals surface area contributed by atoms with Crippen LogP contribution in [0.4, 0.5) is 0 Å². The topological polar surface area (TPSA) is 92.2 Å². The van der Waals surface area contributed by atoms with Crippen molar-refractivity contribution in [2.24, 2.45) is 0 Å². The summed E-state index contributed by atoms with van der Waals surface area (Å²) in [6.07, 6.45) is 5.30. The van der Waals surface area contributed by atoms with Crippen molar-refractivity contribution in [1.29, 1.82) is 0 Å². The van der Waals surface area contributed by atoms with Gasteiger partial charge in [0.25, 0.3) is 5.91 Å². The van der Waals surface area contributed by atoms with Crippen LogP contribution in [0.15, 0.2) is 11.4 Å². The number of carbonyl (C=O) groups excluding carboxylic acids is 1. The highest BCUT2D eigenvalue weighted by Crippen LogP contribution is 2.35. The summed E-state index contributed by atoms with van der Waals surface area (Å²) in [6, 6.07) is 0. The smallest absolute Gasteiger partial charge is 0.305 e. The van der Waals surface area contributed by atoms with Gasteiger partial charge in [-0.3, -0.25) is 9.59 Å². The molecule has 1 fully saturated rings. The van der Waals surface area contributed by atoms with E-state index in [0.29, 0.717) is 18.0 Å². The molecule has 20 heavy (non-hydrogen) atoms. The zero-order valence-electron chi connectivity index (χ0n) is 10.9. The zero-order chi connectivity index (χ0) is 14.8. The summed E-state index contributed by atoms with van der Waals surface area (Å²) in [7, 11) is 0. The molecule has 0 radical (unpaired) electrons. The van der Waals surface area contributed by atoms with E-state index in [0.717, 1.165) is 6.42 Å². The Morgan fingerprint density at radius 2 is 2.25 bits per heavy atom. The Morgan fingerprint density at radius 3 is 2.75 bits per heavy atom. The number of rotatable bonds is 5. The number of carbonyl (C=O) groups is 2. The highest BCUT2D eigenvalue weighted by molar-refractivity contribution is 7.98. The van der Waals surface area contributed by atoms with Crippen LogP contribution in [0.1, 0.15) is 36.2 Å². The van der Waals surface area contributed by atoms with Gasteiger partial charge in [-0.25, -0.2) is 9.97 Å². The normalized spacial score (nSPS) is 16.3. The van der Waals surface area contributed by atoms with Crippen molar-refractivity contribution in [3.63, 3.8) is 0 Å². The van der Waals surface area contributed by atoms with Crippen LogP contribution < -0.4 is 5.32 Å². The number of hydrogen-bond acceptors (Lipinski definition) is 5. The lowest BCUT2D eigenvalue weighted by atomic mass is 9.74. The molecule has 0 atom stereocenters. The number of thioether (sulfide) groups is 1. The van der Waals surface area contributed by atoms with Crippen molar-refractivity contribution in [3.05, 3.63) is 16.9 Å². The Balaban J connectivity index is 2.17. The fourth-order valence-corrected chi connectivity index (χ4v) is 2.67. The summed E-state index contributed by atoms with van der Waals surface area (Å²) in [5.41, 5.74) is -0.584. The van der Waals surface area contributed by atoms with Crippen molar-refractivity contribution < 1.29 is 14.7 Å². The molecule has 6 nitrogen and oxygen atoms in total. The lowest BCUT2D eigenvalue weighted by Crippen LogP contribution is -2.54. The van der Waals surface area contributed by atoms with E-state index in [-0.39, 0.29) is 17.1 Å². The first-order valence-electron chi connectivity index (χ1n) is 6.07. The van der Waals surface area contributed by atoms with E-state index >= 15 is 0 Å². The zero-order valence-corrected chi connectivity index (χ0v) is 12.4. The van der Waals surface area contributed by atoms with Crippen LogP contribution >= 0.6 is 23.4 Å². The van der Waals surface area contributed by atoms with Gasteiger partial charge in [0.1, 0.15) is 0 Å². The fourth-order valence-electron chi connectivity index (χ4n) is 2.15. The number of halogens is 1. The highest BCUT2D eigenvalue weighted by Gasteiger charge is 2.41. The van der Waals surface area contributed by atoms with Gasteiger partial charge < -0.3 is 10.4 Å².